The molecule has 0 aliphatic rings. The summed E-state index contributed by atoms with van der Waals surface area (Å²) in [6.45, 7) is 5.91. The first-order valence-corrected chi connectivity index (χ1v) is 3.42. The summed E-state index contributed by atoms with van der Waals surface area (Å²) in [7, 11) is 0. The van der Waals surface area contributed by atoms with Gasteiger partial charge in [0.1, 0.15) is 0 Å². The molecule has 0 saturated carbocycles. The Hall–Kier alpha value is 0.350. The van der Waals surface area contributed by atoms with Crippen LogP contribution in [0.4, 0.5) is 0 Å². The van der Waals surface area contributed by atoms with Crippen LogP contribution in [0, 0.1) is 6.92 Å². The molecule has 0 amide bonds. The molecule has 0 bridgehead atoms. The van der Waals surface area contributed by atoms with Crippen molar-refractivity contribution in [1.29, 1.82) is 0 Å². The molecule has 0 aliphatic heterocycles. The van der Waals surface area contributed by atoms with Crippen molar-refractivity contribution in [1.82, 2.24) is 0 Å². The Bertz CT molecular complexity index is 23.1. The molecule has 0 aromatic carbocycles. The maximum atomic E-state index is 3.74. The highest BCUT2D eigenvalue weighted by Crippen LogP contribution is 2.06. The highest BCUT2D eigenvalue weighted by Gasteiger charge is 1.89. The van der Waals surface area contributed by atoms with E-state index >= 15 is 0 Å². The third-order valence-electron chi connectivity index (χ3n) is 0.809. The molecule has 0 aromatic rings. The summed E-state index contributed by atoms with van der Waals surface area (Å²) < 4.78 is 0. The van der Waals surface area contributed by atoms with Crippen LogP contribution in [0.5, 0.6) is 0 Å². The van der Waals surface area contributed by atoms with Crippen molar-refractivity contribution in [2.75, 3.05) is 6.26 Å². The maximum absolute atomic E-state index is 3.74. The van der Waals surface area contributed by atoms with Crippen LogP contribution < -0.4 is 0 Å². The largest absolute Gasteiger partial charge is 0.162 e. The average molecular weight is 103 g/mol. The van der Waals surface area contributed by atoms with Gasteiger partial charge in [0, 0.05) is 5.25 Å². The number of hydrogen-bond donors (Lipinski definition) is 0. The van der Waals surface area contributed by atoms with E-state index in [9.17, 15) is 0 Å². The Balaban J connectivity index is 2.75. The fraction of sp³-hybridized carbons (Fsp3) is 0.800. The van der Waals surface area contributed by atoms with Crippen molar-refractivity contribution in [3.63, 3.8) is 0 Å². The molecular formula is C5H11S. The molecule has 0 fully saturated rings. The SMILES string of the molecule is [CH2]CC(C)SC. The lowest BCUT2D eigenvalue weighted by Gasteiger charge is -1.98. The zero-order valence-electron chi connectivity index (χ0n) is 4.40. The second-order valence-electron chi connectivity index (χ2n) is 1.33. The fourth-order valence-electron chi connectivity index (χ4n) is 0.118. The van der Waals surface area contributed by atoms with E-state index in [1.54, 1.807) is 0 Å². The van der Waals surface area contributed by atoms with Gasteiger partial charge >= 0.3 is 0 Å². The third-order valence-corrected chi connectivity index (χ3v) is 1.85. The molecule has 1 heteroatoms. The van der Waals surface area contributed by atoms with Crippen LogP contribution in [0.2, 0.25) is 0 Å². The minimum Gasteiger partial charge on any atom is -0.162 e. The van der Waals surface area contributed by atoms with E-state index < -0.39 is 0 Å². The predicted octanol–water partition coefficient (Wildman–Crippen LogP) is 1.96. The van der Waals surface area contributed by atoms with Crippen molar-refractivity contribution >= 4 is 11.8 Å². The third kappa shape index (κ3) is 2.58. The van der Waals surface area contributed by atoms with Crippen LogP contribution in [-0.4, -0.2) is 11.5 Å². The molecule has 1 radical (unpaired) electrons. The van der Waals surface area contributed by atoms with E-state index in [4.69, 9.17) is 0 Å². The van der Waals surface area contributed by atoms with Gasteiger partial charge in [0.15, 0.2) is 0 Å². The van der Waals surface area contributed by atoms with Gasteiger partial charge in [-0.15, -0.1) is 0 Å². The van der Waals surface area contributed by atoms with E-state index in [2.05, 4.69) is 20.1 Å². The van der Waals surface area contributed by atoms with Gasteiger partial charge in [0.05, 0.1) is 0 Å². The molecule has 1 atom stereocenters. The zero-order valence-corrected chi connectivity index (χ0v) is 5.22. The summed E-state index contributed by atoms with van der Waals surface area (Å²) >= 11 is 1.86. The molecule has 0 saturated heterocycles. The van der Waals surface area contributed by atoms with Gasteiger partial charge < -0.3 is 0 Å². The molecule has 0 heterocycles. The Kier molecular flexibility index (Phi) is 3.74. The van der Waals surface area contributed by atoms with E-state index in [1.165, 1.54) is 0 Å². The monoisotopic (exact) mass is 103 g/mol. The summed E-state index contributed by atoms with van der Waals surface area (Å²) in [4.78, 5) is 0. The van der Waals surface area contributed by atoms with Gasteiger partial charge in [-0.3, -0.25) is 0 Å². The lowest BCUT2D eigenvalue weighted by atomic mass is 10.4. The lowest BCUT2D eigenvalue weighted by Crippen LogP contribution is -1.88. The average Bonchev–Trinajstić information content (AvgIpc) is 1.65. The molecule has 37 valence electrons. The van der Waals surface area contributed by atoms with Crippen molar-refractivity contribution in [2.24, 2.45) is 0 Å². The molecular weight excluding hydrogens is 92.1 g/mol. The van der Waals surface area contributed by atoms with Crippen molar-refractivity contribution < 1.29 is 0 Å². The second kappa shape index (κ2) is 3.54. The summed E-state index contributed by atoms with van der Waals surface area (Å²) in [5, 5.41) is 0.741. The summed E-state index contributed by atoms with van der Waals surface area (Å²) in [5.74, 6) is 0. The summed E-state index contributed by atoms with van der Waals surface area (Å²) in [6, 6.07) is 0. The van der Waals surface area contributed by atoms with E-state index in [-0.39, 0.29) is 0 Å². The summed E-state index contributed by atoms with van der Waals surface area (Å²) in [5.41, 5.74) is 0. The quantitative estimate of drug-likeness (QED) is 0.515. The fourth-order valence-corrected chi connectivity index (χ4v) is 0.354. The minimum absolute atomic E-state index is 0.741. The topological polar surface area (TPSA) is 0 Å². The van der Waals surface area contributed by atoms with Gasteiger partial charge in [0.2, 0.25) is 0 Å². The van der Waals surface area contributed by atoms with Crippen molar-refractivity contribution in [3.8, 4) is 0 Å². The van der Waals surface area contributed by atoms with Gasteiger partial charge in [-0.2, -0.15) is 11.8 Å². The second-order valence-corrected chi connectivity index (χ2v) is 2.61. The number of thioether (sulfide) groups is 1. The first-order chi connectivity index (χ1) is 2.81. The van der Waals surface area contributed by atoms with Crippen LogP contribution in [0.1, 0.15) is 13.3 Å². The molecule has 6 heavy (non-hydrogen) atoms. The van der Waals surface area contributed by atoms with Crippen LogP contribution in [-0.2, 0) is 0 Å². The molecule has 0 aliphatic carbocycles. The van der Waals surface area contributed by atoms with Gasteiger partial charge in [-0.25, -0.2) is 0 Å². The minimum atomic E-state index is 0.741. The van der Waals surface area contributed by atoms with Gasteiger partial charge in [-0.05, 0) is 12.7 Å². The van der Waals surface area contributed by atoms with Gasteiger partial charge in [-0.1, -0.05) is 13.8 Å². The molecule has 1 unspecified atom stereocenters. The highest BCUT2D eigenvalue weighted by molar-refractivity contribution is 7.99. The van der Waals surface area contributed by atoms with Crippen LogP contribution in [0.3, 0.4) is 0 Å². The molecule has 0 spiro atoms. The van der Waals surface area contributed by atoms with Crippen LogP contribution in [0.25, 0.3) is 0 Å². The first kappa shape index (κ1) is 6.35. The highest BCUT2D eigenvalue weighted by atomic mass is 32.2. The lowest BCUT2D eigenvalue weighted by molar-refractivity contribution is 0.982. The Morgan fingerprint density at radius 1 is 1.83 bits per heavy atom. The molecule has 0 nitrogen and oxygen atoms in total. The van der Waals surface area contributed by atoms with E-state index in [1.807, 2.05) is 11.8 Å². The number of rotatable bonds is 2. The van der Waals surface area contributed by atoms with Gasteiger partial charge in [0.25, 0.3) is 0 Å². The zero-order chi connectivity index (χ0) is 4.99. The van der Waals surface area contributed by atoms with Crippen molar-refractivity contribution in [3.05, 3.63) is 6.92 Å². The Morgan fingerprint density at radius 3 is 2.33 bits per heavy atom. The normalized spacial score (nSPS) is 14.5. The molecule has 0 N–H and O–H groups in total. The summed E-state index contributed by atoms with van der Waals surface area (Å²) in [6.07, 6.45) is 3.15. The first-order valence-electron chi connectivity index (χ1n) is 2.13. The molecule has 0 aromatic heterocycles. The Morgan fingerprint density at radius 2 is 2.33 bits per heavy atom. The van der Waals surface area contributed by atoms with E-state index in [0.717, 1.165) is 11.7 Å². The van der Waals surface area contributed by atoms with Crippen LogP contribution in [0.15, 0.2) is 0 Å². The van der Waals surface area contributed by atoms with Crippen molar-refractivity contribution in [2.45, 2.75) is 18.6 Å². The van der Waals surface area contributed by atoms with Crippen LogP contribution >= 0.6 is 11.8 Å². The Labute approximate surface area is 44.3 Å². The maximum Gasteiger partial charge on any atom is 0.00159 e. The molecule has 0 rings (SSSR count). The predicted molar refractivity (Wildman–Crippen MR) is 33.0 cm³/mol. The smallest absolute Gasteiger partial charge is 0.00159 e. The standard InChI is InChI=1S/C5H11S/c1-4-5(2)6-3/h5H,1,4H2,2-3H3. The number of hydrogen-bond acceptors (Lipinski definition) is 1. The van der Waals surface area contributed by atoms with E-state index in [0.29, 0.717) is 0 Å².